The Morgan fingerprint density at radius 1 is 1.30 bits per heavy atom. The first-order chi connectivity index (χ1) is 9.38. The molecule has 0 radical (unpaired) electrons. The standard InChI is InChI=1S/C15H20N2O3/c1-15(2)8-7-12(15)17-14(20)16-9-10-3-5-11(6-4-10)13(18)19/h3-6,12H,7-9H2,1-2H3,(H,18,19)(H2,16,17,20). The molecular formula is C15H20N2O3. The molecule has 0 saturated heterocycles. The molecule has 20 heavy (non-hydrogen) atoms. The first-order valence-electron chi connectivity index (χ1n) is 6.75. The second-order valence-corrected chi connectivity index (χ2v) is 5.91. The fraction of sp³-hybridized carbons (Fsp3) is 0.467. The van der Waals surface area contributed by atoms with Crippen molar-refractivity contribution in [3.05, 3.63) is 35.4 Å². The predicted molar refractivity (Wildman–Crippen MR) is 75.6 cm³/mol. The number of nitrogens with one attached hydrogen (secondary N) is 2. The lowest BCUT2D eigenvalue weighted by atomic mass is 9.67. The largest absolute Gasteiger partial charge is 0.478 e. The van der Waals surface area contributed by atoms with E-state index in [1.54, 1.807) is 12.1 Å². The van der Waals surface area contributed by atoms with Crippen LogP contribution in [0, 0.1) is 5.41 Å². The van der Waals surface area contributed by atoms with Gasteiger partial charge in [-0.15, -0.1) is 0 Å². The minimum atomic E-state index is -0.950. The van der Waals surface area contributed by atoms with Crippen LogP contribution in [0.5, 0.6) is 0 Å². The Labute approximate surface area is 118 Å². The molecule has 1 aliphatic carbocycles. The van der Waals surface area contributed by atoms with Crippen molar-refractivity contribution < 1.29 is 14.7 Å². The molecule has 2 amide bonds. The van der Waals surface area contributed by atoms with E-state index in [9.17, 15) is 9.59 Å². The van der Waals surface area contributed by atoms with E-state index >= 15 is 0 Å². The van der Waals surface area contributed by atoms with Gasteiger partial charge in [-0.2, -0.15) is 0 Å². The van der Waals surface area contributed by atoms with Gasteiger partial charge in [0.1, 0.15) is 0 Å². The van der Waals surface area contributed by atoms with Crippen LogP contribution < -0.4 is 10.6 Å². The van der Waals surface area contributed by atoms with Crippen LogP contribution in [-0.2, 0) is 6.54 Å². The number of carboxylic acid groups (broad SMARTS) is 1. The predicted octanol–water partition coefficient (Wildman–Crippen LogP) is 2.37. The van der Waals surface area contributed by atoms with Crippen LogP contribution in [0.4, 0.5) is 4.79 Å². The number of aromatic carboxylic acids is 1. The number of carbonyl (C=O) groups is 2. The molecule has 2 rings (SSSR count). The molecule has 1 atom stereocenters. The molecule has 0 aliphatic heterocycles. The molecule has 1 aliphatic rings. The van der Waals surface area contributed by atoms with Crippen molar-refractivity contribution in [1.82, 2.24) is 10.6 Å². The Bertz CT molecular complexity index is 508. The van der Waals surface area contributed by atoms with Crippen molar-refractivity contribution >= 4 is 12.0 Å². The van der Waals surface area contributed by atoms with E-state index < -0.39 is 5.97 Å². The Hall–Kier alpha value is -2.04. The van der Waals surface area contributed by atoms with E-state index in [0.717, 1.165) is 18.4 Å². The van der Waals surface area contributed by atoms with Crippen molar-refractivity contribution in [2.45, 2.75) is 39.3 Å². The quantitative estimate of drug-likeness (QED) is 0.790. The molecular weight excluding hydrogens is 256 g/mol. The molecule has 0 aromatic heterocycles. The van der Waals surface area contributed by atoms with E-state index in [2.05, 4.69) is 24.5 Å². The van der Waals surface area contributed by atoms with Gasteiger partial charge in [0.2, 0.25) is 0 Å². The summed E-state index contributed by atoms with van der Waals surface area (Å²) in [7, 11) is 0. The lowest BCUT2D eigenvalue weighted by Crippen LogP contribution is -2.54. The summed E-state index contributed by atoms with van der Waals surface area (Å²) in [6.07, 6.45) is 2.16. The highest BCUT2D eigenvalue weighted by atomic mass is 16.4. The van der Waals surface area contributed by atoms with Crippen LogP contribution in [0.25, 0.3) is 0 Å². The summed E-state index contributed by atoms with van der Waals surface area (Å²) in [4.78, 5) is 22.5. The number of carboxylic acids is 1. The van der Waals surface area contributed by atoms with E-state index in [0.29, 0.717) is 6.54 Å². The van der Waals surface area contributed by atoms with Crippen molar-refractivity contribution in [2.24, 2.45) is 5.41 Å². The van der Waals surface area contributed by atoms with Gasteiger partial charge in [0.05, 0.1) is 5.56 Å². The van der Waals surface area contributed by atoms with Crippen LogP contribution in [0.2, 0.25) is 0 Å². The van der Waals surface area contributed by atoms with Gasteiger partial charge in [0.25, 0.3) is 0 Å². The Morgan fingerprint density at radius 3 is 2.40 bits per heavy atom. The third-order valence-electron chi connectivity index (χ3n) is 3.98. The molecule has 108 valence electrons. The lowest BCUT2D eigenvalue weighted by Gasteiger charge is -2.44. The van der Waals surface area contributed by atoms with Crippen molar-refractivity contribution in [3.63, 3.8) is 0 Å². The minimum absolute atomic E-state index is 0.176. The Morgan fingerprint density at radius 2 is 1.95 bits per heavy atom. The van der Waals surface area contributed by atoms with Gasteiger partial charge in [-0.25, -0.2) is 9.59 Å². The average molecular weight is 276 g/mol. The summed E-state index contributed by atoms with van der Waals surface area (Å²) < 4.78 is 0. The smallest absolute Gasteiger partial charge is 0.335 e. The van der Waals surface area contributed by atoms with Crippen LogP contribution in [0.3, 0.4) is 0 Å². The second kappa shape index (κ2) is 5.53. The van der Waals surface area contributed by atoms with Crippen molar-refractivity contribution in [1.29, 1.82) is 0 Å². The van der Waals surface area contributed by atoms with Gasteiger partial charge in [-0.05, 0) is 36.0 Å². The van der Waals surface area contributed by atoms with E-state index in [-0.39, 0.29) is 23.1 Å². The average Bonchev–Trinajstić information content (AvgIpc) is 2.42. The van der Waals surface area contributed by atoms with Crippen LogP contribution in [0.1, 0.15) is 42.6 Å². The van der Waals surface area contributed by atoms with Crippen molar-refractivity contribution in [2.75, 3.05) is 0 Å². The second-order valence-electron chi connectivity index (χ2n) is 5.91. The normalized spacial score (nSPS) is 19.8. The number of urea groups is 1. The zero-order valence-corrected chi connectivity index (χ0v) is 11.8. The molecule has 1 aromatic rings. The summed E-state index contributed by atoms with van der Waals surface area (Å²) >= 11 is 0. The number of amides is 2. The minimum Gasteiger partial charge on any atom is -0.478 e. The molecule has 5 nitrogen and oxygen atoms in total. The number of rotatable bonds is 4. The molecule has 1 unspecified atom stereocenters. The summed E-state index contributed by atoms with van der Waals surface area (Å²) in [5, 5.41) is 14.5. The van der Waals surface area contributed by atoms with Crippen LogP contribution in [0.15, 0.2) is 24.3 Å². The topological polar surface area (TPSA) is 78.4 Å². The molecule has 1 saturated carbocycles. The summed E-state index contributed by atoms with van der Waals surface area (Å²) in [6, 6.07) is 6.54. The Balaban J connectivity index is 1.80. The summed E-state index contributed by atoms with van der Waals surface area (Å²) in [5.41, 5.74) is 1.30. The first-order valence-corrected chi connectivity index (χ1v) is 6.75. The summed E-state index contributed by atoms with van der Waals surface area (Å²) in [6.45, 7) is 4.68. The van der Waals surface area contributed by atoms with Gasteiger partial charge >= 0.3 is 12.0 Å². The van der Waals surface area contributed by atoms with Gasteiger partial charge in [0, 0.05) is 12.6 Å². The highest BCUT2D eigenvalue weighted by Gasteiger charge is 2.39. The highest BCUT2D eigenvalue weighted by Crippen LogP contribution is 2.39. The number of benzene rings is 1. The van der Waals surface area contributed by atoms with E-state index in [1.807, 2.05) is 0 Å². The molecule has 5 heteroatoms. The molecule has 0 heterocycles. The molecule has 1 aromatic carbocycles. The zero-order valence-electron chi connectivity index (χ0n) is 11.8. The molecule has 1 fully saturated rings. The first kappa shape index (κ1) is 14.4. The lowest BCUT2D eigenvalue weighted by molar-refractivity contribution is 0.0697. The monoisotopic (exact) mass is 276 g/mol. The maximum Gasteiger partial charge on any atom is 0.335 e. The van der Waals surface area contributed by atoms with E-state index in [4.69, 9.17) is 5.11 Å². The van der Waals surface area contributed by atoms with Gasteiger partial charge in [0.15, 0.2) is 0 Å². The SMILES string of the molecule is CC1(C)CCC1NC(=O)NCc1ccc(C(=O)O)cc1. The molecule has 0 spiro atoms. The van der Waals surface area contributed by atoms with Gasteiger partial charge in [-0.3, -0.25) is 0 Å². The highest BCUT2D eigenvalue weighted by molar-refractivity contribution is 5.87. The fourth-order valence-electron chi connectivity index (χ4n) is 2.29. The third kappa shape index (κ3) is 3.29. The van der Waals surface area contributed by atoms with E-state index in [1.165, 1.54) is 12.1 Å². The van der Waals surface area contributed by atoms with Crippen LogP contribution >= 0.6 is 0 Å². The van der Waals surface area contributed by atoms with Gasteiger partial charge < -0.3 is 15.7 Å². The molecule has 3 N–H and O–H groups in total. The maximum atomic E-state index is 11.8. The van der Waals surface area contributed by atoms with Gasteiger partial charge in [-0.1, -0.05) is 26.0 Å². The fourth-order valence-corrected chi connectivity index (χ4v) is 2.29. The number of carbonyl (C=O) groups excluding carboxylic acids is 1. The summed E-state index contributed by atoms with van der Waals surface area (Å²) in [5.74, 6) is -0.950. The maximum absolute atomic E-state index is 11.8. The van der Waals surface area contributed by atoms with Crippen molar-refractivity contribution in [3.8, 4) is 0 Å². The number of hydrogen-bond donors (Lipinski definition) is 3. The van der Waals surface area contributed by atoms with Crippen LogP contribution in [-0.4, -0.2) is 23.1 Å². The molecule has 0 bridgehead atoms. The number of hydrogen-bond acceptors (Lipinski definition) is 2. The zero-order chi connectivity index (χ0) is 14.8. The Kier molecular flexibility index (Phi) is 3.97. The third-order valence-corrected chi connectivity index (χ3v) is 3.98.